The Kier molecular flexibility index (Phi) is 6.54. The van der Waals surface area contributed by atoms with Crippen LogP contribution in [0.25, 0.3) is 0 Å². The van der Waals surface area contributed by atoms with E-state index < -0.39 is 10.9 Å². The third-order valence-electron chi connectivity index (χ3n) is 2.86. The fourth-order valence-electron chi connectivity index (χ4n) is 2.10. The number of carboxylic acids is 1. The van der Waals surface area contributed by atoms with Crippen LogP contribution in [0.2, 0.25) is 0 Å². The van der Waals surface area contributed by atoms with Crippen LogP contribution in [0.3, 0.4) is 0 Å². The molecule has 0 aromatic carbocycles. The lowest BCUT2D eigenvalue weighted by atomic mass is 9.94. The van der Waals surface area contributed by atoms with E-state index in [-0.39, 0.29) is 23.8 Å². The molecule has 1 atom stereocenters. The van der Waals surface area contributed by atoms with Crippen LogP contribution in [-0.2, 0) is 4.79 Å². The molecule has 0 amide bonds. The molecule has 0 saturated carbocycles. The zero-order chi connectivity index (χ0) is 16.0. The van der Waals surface area contributed by atoms with Crippen molar-refractivity contribution in [1.29, 1.82) is 0 Å². The molecule has 0 fully saturated rings. The Bertz CT molecular complexity index is 522. The van der Waals surface area contributed by atoms with Crippen molar-refractivity contribution in [2.45, 2.75) is 26.7 Å². The molecule has 0 saturated heterocycles. The Labute approximate surface area is 131 Å². The first-order valence-corrected chi connectivity index (χ1v) is 7.34. The molecule has 2 N–H and O–H groups in total. The highest BCUT2D eigenvalue weighted by atomic mass is 79.9. The summed E-state index contributed by atoms with van der Waals surface area (Å²) < 4.78 is 0.518. The lowest BCUT2D eigenvalue weighted by Crippen LogP contribution is -2.20. The molecule has 1 aromatic rings. The summed E-state index contributed by atoms with van der Waals surface area (Å²) in [5, 5.41) is 22.8. The molecule has 8 heteroatoms. The molecule has 0 spiro atoms. The van der Waals surface area contributed by atoms with Crippen LogP contribution in [0.15, 0.2) is 16.7 Å². The monoisotopic (exact) mass is 359 g/mol. The van der Waals surface area contributed by atoms with Crippen molar-refractivity contribution in [3.8, 4) is 0 Å². The molecule has 7 nitrogen and oxygen atoms in total. The van der Waals surface area contributed by atoms with E-state index in [1.165, 1.54) is 12.3 Å². The fraction of sp³-hybridized carbons (Fsp3) is 0.538. The lowest BCUT2D eigenvalue weighted by Gasteiger charge is -2.18. The maximum atomic E-state index is 11.0. The van der Waals surface area contributed by atoms with Crippen molar-refractivity contribution in [1.82, 2.24) is 4.98 Å². The minimum absolute atomic E-state index is 0.0233. The molecule has 1 aromatic heterocycles. The molecular weight excluding hydrogens is 342 g/mol. The van der Waals surface area contributed by atoms with Crippen LogP contribution in [-0.4, -0.2) is 27.5 Å². The zero-order valence-corrected chi connectivity index (χ0v) is 13.5. The van der Waals surface area contributed by atoms with E-state index >= 15 is 0 Å². The third kappa shape index (κ3) is 6.07. The van der Waals surface area contributed by atoms with Crippen LogP contribution in [0, 0.1) is 22.0 Å². The normalized spacial score (nSPS) is 12.2. The average Bonchev–Trinajstić information content (AvgIpc) is 2.35. The second kappa shape index (κ2) is 7.92. The van der Waals surface area contributed by atoms with Gasteiger partial charge < -0.3 is 10.4 Å². The van der Waals surface area contributed by atoms with E-state index in [4.69, 9.17) is 5.11 Å². The summed E-state index contributed by atoms with van der Waals surface area (Å²) in [5.41, 5.74) is -0.136. The summed E-state index contributed by atoms with van der Waals surface area (Å²) in [4.78, 5) is 25.3. The van der Waals surface area contributed by atoms with E-state index in [9.17, 15) is 14.9 Å². The van der Waals surface area contributed by atoms with Gasteiger partial charge in [0.15, 0.2) is 0 Å². The SMILES string of the molecule is CC(C)CC(CNc1ncc(Br)cc1[N+](=O)[O-])CC(=O)O. The molecule has 0 radical (unpaired) electrons. The molecule has 116 valence electrons. The molecule has 1 rings (SSSR count). The summed E-state index contributed by atoms with van der Waals surface area (Å²) in [6.45, 7) is 4.35. The second-order valence-electron chi connectivity index (χ2n) is 5.25. The van der Waals surface area contributed by atoms with Gasteiger partial charge in [-0.05, 0) is 34.2 Å². The van der Waals surface area contributed by atoms with Crippen LogP contribution < -0.4 is 5.32 Å². The quantitative estimate of drug-likeness (QED) is 0.544. The predicted octanol–water partition coefficient (Wildman–Crippen LogP) is 3.30. The van der Waals surface area contributed by atoms with Gasteiger partial charge in [0.1, 0.15) is 0 Å². The standard InChI is InChI=1S/C13H18BrN3O4/c1-8(2)3-9(4-12(18)19)6-15-13-11(17(20)21)5-10(14)7-16-13/h5,7-9H,3-4,6H2,1-2H3,(H,15,16)(H,18,19). The van der Waals surface area contributed by atoms with Crippen molar-refractivity contribution in [3.05, 3.63) is 26.9 Å². The van der Waals surface area contributed by atoms with E-state index in [1.807, 2.05) is 13.8 Å². The first-order valence-electron chi connectivity index (χ1n) is 6.55. The van der Waals surface area contributed by atoms with E-state index in [0.717, 1.165) is 6.42 Å². The molecule has 0 aliphatic carbocycles. The first kappa shape index (κ1) is 17.4. The van der Waals surface area contributed by atoms with E-state index in [2.05, 4.69) is 26.2 Å². The van der Waals surface area contributed by atoms with E-state index in [0.29, 0.717) is 16.9 Å². The number of nitro groups is 1. The number of hydrogen-bond donors (Lipinski definition) is 2. The summed E-state index contributed by atoms with van der Waals surface area (Å²) in [6, 6.07) is 1.37. The maximum Gasteiger partial charge on any atom is 0.312 e. The minimum atomic E-state index is -0.874. The van der Waals surface area contributed by atoms with Crippen molar-refractivity contribution in [3.63, 3.8) is 0 Å². The number of pyridine rings is 1. The lowest BCUT2D eigenvalue weighted by molar-refractivity contribution is -0.384. The summed E-state index contributed by atoms with van der Waals surface area (Å²) in [7, 11) is 0. The van der Waals surface area contributed by atoms with Gasteiger partial charge in [0.05, 0.1) is 4.92 Å². The third-order valence-corrected chi connectivity index (χ3v) is 3.29. The summed E-state index contributed by atoms with van der Waals surface area (Å²) in [5.74, 6) is -0.473. The Morgan fingerprint density at radius 2 is 2.24 bits per heavy atom. The van der Waals surface area contributed by atoms with Gasteiger partial charge in [0.25, 0.3) is 0 Å². The Balaban J connectivity index is 2.79. The number of anilines is 1. The number of halogens is 1. The average molecular weight is 360 g/mol. The first-order chi connectivity index (χ1) is 9.79. The van der Waals surface area contributed by atoms with Crippen LogP contribution >= 0.6 is 15.9 Å². The van der Waals surface area contributed by atoms with Crippen molar-refractivity contribution in [2.24, 2.45) is 11.8 Å². The number of carbonyl (C=O) groups is 1. The number of nitrogens with one attached hydrogen (secondary N) is 1. The van der Waals surface area contributed by atoms with Gasteiger partial charge in [-0.3, -0.25) is 14.9 Å². The Morgan fingerprint density at radius 1 is 1.57 bits per heavy atom. The number of carboxylic acid groups (broad SMARTS) is 1. The largest absolute Gasteiger partial charge is 0.481 e. The molecule has 1 heterocycles. The van der Waals surface area contributed by atoms with Gasteiger partial charge in [-0.25, -0.2) is 4.98 Å². The highest BCUT2D eigenvalue weighted by Gasteiger charge is 2.19. The van der Waals surface area contributed by atoms with Gasteiger partial charge in [0.2, 0.25) is 5.82 Å². The molecule has 1 unspecified atom stereocenters. The van der Waals surface area contributed by atoms with Crippen LogP contribution in [0.4, 0.5) is 11.5 Å². The maximum absolute atomic E-state index is 11.0. The van der Waals surface area contributed by atoms with Gasteiger partial charge >= 0.3 is 11.7 Å². The van der Waals surface area contributed by atoms with Crippen molar-refractivity contribution in [2.75, 3.05) is 11.9 Å². The molecule has 0 aliphatic rings. The van der Waals surface area contributed by atoms with Crippen molar-refractivity contribution < 1.29 is 14.8 Å². The summed E-state index contributed by atoms with van der Waals surface area (Å²) >= 11 is 3.14. The van der Waals surface area contributed by atoms with Crippen LogP contribution in [0.5, 0.6) is 0 Å². The molecule has 0 bridgehead atoms. The number of aromatic nitrogens is 1. The smallest absolute Gasteiger partial charge is 0.312 e. The highest BCUT2D eigenvalue weighted by molar-refractivity contribution is 9.10. The number of nitrogens with zero attached hydrogens (tertiary/aromatic N) is 2. The van der Waals surface area contributed by atoms with E-state index in [1.54, 1.807) is 0 Å². The van der Waals surface area contributed by atoms with Gasteiger partial charge in [-0.1, -0.05) is 13.8 Å². The minimum Gasteiger partial charge on any atom is -0.481 e. The Hall–Kier alpha value is -1.70. The van der Waals surface area contributed by atoms with Gasteiger partial charge in [-0.2, -0.15) is 0 Å². The number of aliphatic carboxylic acids is 1. The Morgan fingerprint density at radius 3 is 2.76 bits per heavy atom. The second-order valence-corrected chi connectivity index (χ2v) is 6.17. The topological polar surface area (TPSA) is 105 Å². The van der Waals surface area contributed by atoms with Crippen LogP contribution in [0.1, 0.15) is 26.7 Å². The van der Waals surface area contributed by atoms with Gasteiger partial charge in [0, 0.05) is 29.7 Å². The van der Waals surface area contributed by atoms with Crippen molar-refractivity contribution >= 4 is 33.4 Å². The number of rotatable bonds is 8. The zero-order valence-electron chi connectivity index (χ0n) is 11.9. The molecule has 21 heavy (non-hydrogen) atoms. The highest BCUT2D eigenvalue weighted by Crippen LogP contribution is 2.26. The molecule has 0 aliphatic heterocycles. The van der Waals surface area contributed by atoms with Gasteiger partial charge in [-0.15, -0.1) is 0 Å². The fourth-order valence-corrected chi connectivity index (χ4v) is 2.42. The predicted molar refractivity (Wildman–Crippen MR) is 82.3 cm³/mol. The number of hydrogen-bond acceptors (Lipinski definition) is 5. The summed E-state index contributed by atoms with van der Waals surface area (Å²) in [6.07, 6.45) is 2.21. The molecular formula is C13H18BrN3O4.